The largest absolute Gasteiger partial charge is 0.453 e. The molecule has 0 radical (unpaired) electrons. The van der Waals surface area contributed by atoms with Crippen LogP contribution in [0.2, 0.25) is 0 Å². The molecule has 6 nitrogen and oxygen atoms in total. The number of likely N-dealkylation sites (tertiary alicyclic amines) is 1. The number of carbonyl (C=O) groups excluding carboxylic acids is 1. The number of aromatic nitrogens is 3. The molecule has 0 spiro atoms. The van der Waals surface area contributed by atoms with Crippen molar-refractivity contribution in [1.82, 2.24) is 19.8 Å². The minimum Gasteiger partial charge on any atom is -0.342 e. The van der Waals surface area contributed by atoms with Gasteiger partial charge in [0.05, 0.1) is 5.75 Å². The number of rotatable bonds is 3. The molecule has 10 heteroatoms. The summed E-state index contributed by atoms with van der Waals surface area (Å²) in [6.45, 7) is 1.39. The Balaban J connectivity index is 1.93. The van der Waals surface area contributed by atoms with Crippen LogP contribution in [-0.4, -0.2) is 44.5 Å². The molecule has 0 aromatic carbocycles. The summed E-state index contributed by atoms with van der Waals surface area (Å²) in [6, 6.07) is 0. The highest BCUT2D eigenvalue weighted by atomic mass is 32.2. The van der Waals surface area contributed by atoms with Gasteiger partial charge >= 0.3 is 6.18 Å². The maximum atomic E-state index is 12.5. The summed E-state index contributed by atoms with van der Waals surface area (Å²) in [7, 11) is 0. The SMILES string of the molecule is Nn1c(SCC(=O)N2CCCCCC2)nnc1C(F)(F)F. The number of nitrogen functional groups attached to an aromatic ring is 1. The fourth-order valence-electron chi connectivity index (χ4n) is 2.11. The number of hydrogen-bond donors (Lipinski definition) is 1. The van der Waals surface area contributed by atoms with Gasteiger partial charge < -0.3 is 10.7 Å². The van der Waals surface area contributed by atoms with E-state index in [4.69, 9.17) is 5.84 Å². The Morgan fingerprint density at radius 1 is 1.19 bits per heavy atom. The molecular weight excluding hydrogens is 307 g/mol. The third kappa shape index (κ3) is 4.02. The van der Waals surface area contributed by atoms with Gasteiger partial charge in [-0.05, 0) is 12.8 Å². The predicted molar refractivity (Wildman–Crippen MR) is 70.9 cm³/mol. The van der Waals surface area contributed by atoms with E-state index in [0.29, 0.717) is 17.8 Å². The van der Waals surface area contributed by atoms with Crippen LogP contribution in [0, 0.1) is 0 Å². The highest BCUT2D eigenvalue weighted by Gasteiger charge is 2.38. The Kier molecular flexibility index (Phi) is 4.96. The van der Waals surface area contributed by atoms with Gasteiger partial charge in [-0.3, -0.25) is 4.79 Å². The lowest BCUT2D eigenvalue weighted by atomic mass is 10.2. The van der Waals surface area contributed by atoms with Gasteiger partial charge in [-0.15, -0.1) is 10.2 Å². The molecule has 0 bridgehead atoms. The number of hydrogen-bond acceptors (Lipinski definition) is 5. The van der Waals surface area contributed by atoms with Gasteiger partial charge in [0.15, 0.2) is 0 Å². The van der Waals surface area contributed by atoms with Crippen LogP contribution in [0.5, 0.6) is 0 Å². The molecule has 0 saturated carbocycles. The molecule has 0 aliphatic carbocycles. The lowest BCUT2D eigenvalue weighted by molar-refractivity contribution is -0.146. The first kappa shape index (κ1) is 15.9. The number of amides is 1. The highest BCUT2D eigenvalue weighted by molar-refractivity contribution is 7.99. The Morgan fingerprint density at radius 3 is 2.33 bits per heavy atom. The first-order valence-electron chi connectivity index (χ1n) is 6.58. The van der Waals surface area contributed by atoms with Gasteiger partial charge in [-0.25, -0.2) is 4.68 Å². The van der Waals surface area contributed by atoms with Crippen molar-refractivity contribution in [3.63, 3.8) is 0 Å². The van der Waals surface area contributed by atoms with E-state index in [9.17, 15) is 18.0 Å². The van der Waals surface area contributed by atoms with Crippen molar-refractivity contribution in [2.45, 2.75) is 37.0 Å². The van der Waals surface area contributed by atoms with Gasteiger partial charge in [0.25, 0.3) is 5.82 Å². The molecule has 1 fully saturated rings. The number of alkyl halides is 3. The molecule has 1 aliphatic heterocycles. The van der Waals surface area contributed by atoms with E-state index in [1.165, 1.54) is 0 Å². The third-order valence-corrected chi connectivity index (χ3v) is 4.13. The van der Waals surface area contributed by atoms with Gasteiger partial charge in [0, 0.05) is 13.1 Å². The third-order valence-electron chi connectivity index (χ3n) is 3.20. The molecule has 2 N–H and O–H groups in total. The Hall–Kier alpha value is -1.45. The van der Waals surface area contributed by atoms with E-state index in [0.717, 1.165) is 37.4 Å². The summed E-state index contributed by atoms with van der Waals surface area (Å²) in [5.74, 6) is 3.93. The Bertz CT molecular complexity index is 497. The molecule has 2 rings (SSSR count). The van der Waals surface area contributed by atoms with Gasteiger partial charge in [0.2, 0.25) is 11.1 Å². The van der Waals surface area contributed by atoms with Crippen LogP contribution in [0.1, 0.15) is 31.5 Å². The number of nitrogens with zero attached hydrogens (tertiary/aromatic N) is 4. The molecule has 1 amide bonds. The molecule has 0 unspecified atom stereocenters. The smallest absolute Gasteiger partial charge is 0.342 e. The first-order chi connectivity index (χ1) is 9.89. The van der Waals surface area contributed by atoms with Crippen LogP contribution in [0.15, 0.2) is 5.16 Å². The molecule has 1 aromatic rings. The lowest BCUT2D eigenvalue weighted by Gasteiger charge is -2.19. The van der Waals surface area contributed by atoms with Crippen LogP contribution < -0.4 is 5.84 Å². The molecule has 2 heterocycles. The van der Waals surface area contributed by atoms with Gasteiger partial charge in [0.1, 0.15) is 0 Å². The average molecular weight is 323 g/mol. The normalized spacial score (nSPS) is 16.8. The van der Waals surface area contributed by atoms with Crippen LogP contribution in [-0.2, 0) is 11.0 Å². The molecule has 1 saturated heterocycles. The number of halogens is 3. The topological polar surface area (TPSA) is 77.0 Å². The summed E-state index contributed by atoms with van der Waals surface area (Å²) < 4.78 is 37.9. The predicted octanol–water partition coefficient (Wildman–Crippen LogP) is 1.51. The maximum absolute atomic E-state index is 12.5. The second-order valence-corrected chi connectivity index (χ2v) is 5.70. The van der Waals surface area contributed by atoms with E-state index >= 15 is 0 Å². The molecular formula is C11H16F3N5OS. The minimum absolute atomic E-state index is 0.00713. The maximum Gasteiger partial charge on any atom is 0.453 e. The number of nitrogens with two attached hydrogens (primary N) is 1. The van der Waals surface area contributed by atoms with Crippen LogP contribution in [0.3, 0.4) is 0 Å². The van der Waals surface area contributed by atoms with Crippen molar-refractivity contribution in [3.05, 3.63) is 5.82 Å². The summed E-state index contributed by atoms with van der Waals surface area (Å²) in [5.41, 5.74) is 0. The average Bonchev–Trinajstić information content (AvgIpc) is 2.64. The van der Waals surface area contributed by atoms with E-state index in [2.05, 4.69) is 10.2 Å². The quantitative estimate of drug-likeness (QED) is 0.674. The summed E-state index contributed by atoms with van der Waals surface area (Å²) in [6.07, 6.45) is -0.537. The first-order valence-corrected chi connectivity index (χ1v) is 7.56. The Labute approximate surface area is 123 Å². The monoisotopic (exact) mass is 323 g/mol. The summed E-state index contributed by atoms with van der Waals surface area (Å²) >= 11 is 0.866. The zero-order valence-corrected chi connectivity index (χ0v) is 12.1. The van der Waals surface area contributed by atoms with Crippen molar-refractivity contribution in [1.29, 1.82) is 0 Å². The molecule has 0 atom stereocenters. The molecule has 1 aliphatic rings. The van der Waals surface area contributed by atoms with Crippen molar-refractivity contribution < 1.29 is 18.0 Å². The lowest BCUT2D eigenvalue weighted by Crippen LogP contribution is -2.33. The minimum atomic E-state index is -4.66. The van der Waals surface area contributed by atoms with Crippen LogP contribution in [0.25, 0.3) is 0 Å². The second-order valence-electron chi connectivity index (χ2n) is 4.76. The fraction of sp³-hybridized carbons (Fsp3) is 0.727. The van der Waals surface area contributed by atoms with Crippen molar-refractivity contribution in [2.75, 3.05) is 24.7 Å². The summed E-state index contributed by atoms with van der Waals surface area (Å²) in [5, 5.41) is 6.27. The second kappa shape index (κ2) is 6.54. The van der Waals surface area contributed by atoms with Crippen LogP contribution in [0.4, 0.5) is 13.2 Å². The van der Waals surface area contributed by atoms with E-state index in [1.54, 1.807) is 4.90 Å². The Morgan fingerprint density at radius 2 is 1.81 bits per heavy atom. The van der Waals surface area contributed by atoms with Gasteiger partial charge in [-0.2, -0.15) is 13.2 Å². The van der Waals surface area contributed by atoms with Crippen molar-refractivity contribution in [3.8, 4) is 0 Å². The van der Waals surface area contributed by atoms with Gasteiger partial charge in [-0.1, -0.05) is 24.6 Å². The van der Waals surface area contributed by atoms with Crippen molar-refractivity contribution >= 4 is 17.7 Å². The highest BCUT2D eigenvalue weighted by Crippen LogP contribution is 2.28. The zero-order chi connectivity index (χ0) is 15.5. The fourth-order valence-corrected chi connectivity index (χ4v) is 2.87. The number of carbonyl (C=O) groups is 1. The number of thioether (sulfide) groups is 1. The standard InChI is InChI=1S/C11H16F3N5OS/c12-11(13,14)9-16-17-10(19(9)15)21-7-8(20)18-5-3-1-2-4-6-18/h1-7,15H2. The zero-order valence-electron chi connectivity index (χ0n) is 11.3. The molecule has 1 aromatic heterocycles. The summed E-state index contributed by atoms with van der Waals surface area (Å²) in [4.78, 5) is 13.8. The van der Waals surface area contributed by atoms with E-state index in [-0.39, 0.29) is 16.8 Å². The van der Waals surface area contributed by atoms with E-state index < -0.39 is 12.0 Å². The molecule has 118 valence electrons. The van der Waals surface area contributed by atoms with E-state index in [1.807, 2.05) is 0 Å². The van der Waals surface area contributed by atoms with Crippen LogP contribution >= 0.6 is 11.8 Å². The van der Waals surface area contributed by atoms with Crippen molar-refractivity contribution in [2.24, 2.45) is 0 Å². The molecule has 21 heavy (non-hydrogen) atoms.